The number of hydrogen-bond donors (Lipinski definition) is 1. The van der Waals surface area contributed by atoms with Crippen molar-refractivity contribution in [3.05, 3.63) is 48.0 Å². The highest BCUT2D eigenvalue weighted by Gasteiger charge is 2.32. The van der Waals surface area contributed by atoms with Crippen molar-refractivity contribution in [3.8, 4) is 0 Å². The number of aromatic nitrogens is 3. The van der Waals surface area contributed by atoms with Gasteiger partial charge in [-0.1, -0.05) is 19.9 Å². The minimum atomic E-state index is 0.0600. The van der Waals surface area contributed by atoms with Crippen molar-refractivity contribution >= 4 is 0 Å². The van der Waals surface area contributed by atoms with Crippen LogP contribution in [0, 0.1) is 6.92 Å². The van der Waals surface area contributed by atoms with Crippen molar-refractivity contribution < 1.29 is 0 Å². The first-order valence-electron chi connectivity index (χ1n) is 7.70. The fraction of sp³-hybridized carbons (Fsp3) is 0.529. The highest BCUT2D eigenvalue weighted by molar-refractivity contribution is 5.19. The lowest BCUT2D eigenvalue weighted by Gasteiger charge is -2.38. The molecule has 21 heavy (non-hydrogen) atoms. The fourth-order valence-corrected chi connectivity index (χ4v) is 2.83. The third kappa shape index (κ3) is 3.16. The molecule has 1 aliphatic carbocycles. The number of nitrogens with one attached hydrogen (secondary N) is 1. The summed E-state index contributed by atoms with van der Waals surface area (Å²) in [7, 11) is 0. The largest absolute Gasteiger partial charge is 0.313 e. The Morgan fingerprint density at radius 2 is 2.14 bits per heavy atom. The Kier molecular flexibility index (Phi) is 3.81. The highest BCUT2D eigenvalue weighted by Crippen LogP contribution is 2.32. The molecule has 1 N–H and O–H groups in total. The van der Waals surface area contributed by atoms with E-state index >= 15 is 0 Å². The van der Waals surface area contributed by atoms with Gasteiger partial charge >= 0.3 is 0 Å². The fourth-order valence-electron chi connectivity index (χ4n) is 2.83. The molecule has 0 atom stereocenters. The van der Waals surface area contributed by atoms with Crippen molar-refractivity contribution in [3.63, 3.8) is 0 Å². The molecule has 1 fully saturated rings. The summed E-state index contributed by atoms with van der Waals surface area (Å²) in [4.78, 5) is 4.57. The van der Waals surface area contributed by atoms with E-state index in [2.05, 4.69) is 59.2 Å². The maximum absolute atomic E-state index is 4.57. The van der Waals surface area contributed by atoms with Crippen molar-refractivity contribution in [2.45, 2.75) is 51.1 Å². The monoisotopic (exact) mass is 284 g/mol. The van der Waals surface area contributed by atoms with Crippen LogP contribution in [-0.2, 0) is 5.41 Å². The van der Waals surface area contributed by atoms with Crippen LogP contribution in [0.5, 0.6) is 0 Å². The molecule has 3 rings (SSSR count). The summed E-state index contributed by atoms with van der Waals surface area (Å²) >= 11 is 0. The number of nitrogens with zero attached hydrogens (tertiary/aromatic N) is 3. The van der Waals surface area contributed by atoms with Crippen LogP contribution in [0.1, 0.15) is 44.0 Å². The Bertz CT molecular complexity index is 565. The second-order valence-electron chi connectivity index (χ2n) is 6.79. The van der Waals surface area contributed by atoms with Crippen LogP contribution in [0.4, 0.5) is 0 Å². The third-order valence-electron chi connectivity index (χ3n) is 4.45. The molecule has 2 aromatic heterocycles. The lowest BCUT2D eigenvalue weighted by molar-refractivity contribution is 0.201. The van der Waals surface area contributed by atoms with Crippen molar-refractivity contribution in [1.29, 1.82) is 0 Å². The van der Waals surface area contributed by atoms with Crippen molar-refractivity contribution in [2.24, 2.45) is 0 Å². The van der Waals surface area contributed by atoms with Gasteiger partial charge in [0, 0.05) is 42.3 Å². The van der Waals surface area contributed by atoms with Crippen molar-refractivity contribution in [2.75, 3.05) is 6.54 Å². The van der Waals surface area contributed by atoms with E-state index in [-0.39, 0.29) is 5.41 Å². The van der Waals surface area contributed by atoms with Crippen LogP contribution >= 0.6 is 0 Å². The lowest BCUT2D eigenvalue weighted by atomic mass is 9.84. The Labute approximate surface area is 126 Å². The topological polar surface area (TPSA) is 42.7 Å². The van der Waals surface area contributed by atoms with Crippen LogP contribution in [0.25, 0.3) is 0 Å². The lowest BCUT2D eigenvalue weighted by Crippen LogP contribution is -2.46. The van der Waals surface area contributed by atoms with Crippen LogP contribution in [-0.4, -0.2) is 27.4 Å². The average molecular weight is 284 g/mol. The molecule has 0 radical (unpaired) electrons. The molecule has 1 aliphatic rings. The Balaban J connectivity index is 1.50. The summed E-state index contributed by atoms with van der Waals surface area (Å²) in [6.07, 6.45) is 8.19. The summed E-state index contributed by atoms with van der Waals surface area (Å²) in [6, 6.07) is 7.44. The van der Waals surface area contributed by atoms with Crippen LogP contribution in [0.15, 0.2) is 36.8 Å². The van der Waals surface area contributed by atoms with Gasteiger partial charge in [0.05, 0.1) is 6.04 Å². The first-order chi connectivity index (χ1) is 10.0. The Morgan fingerprint density at radius 1 is 1.33 bits per heavy atom. The molecular weight excluding hydrogens is 260 g/mol. The van der Waals surface area contributed by atoms with E-state index in [9.17, 15) is 0 Å². The van der Waals surface area contributed by atoms with E-state index in [1.807, 2.05) is 18.5 Å². The maximum Gasteiger partial charge on any atom is 0.0548 e. The molecule has 2 aromatic rings. The smallest absolute Gasteiger partial charge is 0.0548 e. The normalized spacial score (nSPS) is 22.0. The summed E-state index contributed by atoms with van der Waals surface area (Å²) in [5.74, 6) is 0. The second-order valence-corrected chi connectivity index (χ2v) is 6.79. The first-order valence-corrected chi connectivity index (χ1v) is 7.70. The van der Waals surface area contributed by atoms with E-state index in [1.165, 1.54) is 18.4 Å². The molecule has 4 heteroatoms. The molecule has 4 nitrogen and oxygen atoms in total. The van der Waals surface area contributed by atoms with Crippen molar-refractivity contribution in [1.82, 2.24) is 20.1 Å². The van der Waals surface area contributed by atoms with Gasteiger partial charge < -0.3 is 5.32 Å². The van der Waals surface area contributed by atoms with Gasteiger partial charge in [-0.15, -0.1) is 0 Å². The summed E-state index contributed by atoms with van der Waals surface area (Å²) in [5.41, 5.74) is 2.43. The van der Waals surface area contributed by atoms with E-state index in [4.69, 9.17) is 0 Å². The standard InChI is InChI=1S/C17H24N4/c1-13-5-6-16(18-11-13)17(2,3)12-19-14-9-15(10-14)21-8-4-7-20-21/h4-8,11,14-15,19H,9-10,12H2,1-3H3. The zero-order valence-corrected chi connectivity index (χ0v) is 13.1. The number of hydrogen-bond acceptors (Lipinski definition) is 3. The molecule has 2 heterocycles. The summed E-state index contributed by atoms with van der Waals surface area (Å²) in [6.45, 7) is 7.54. The number of rotatable bonds is 5. The third-order valence-corrected chi connectivity index (χ3v) is 4.45. The van der Waals surface area contributed by atoms with Gasteiger partial charge in [-0.3, -0.25) is 9.67 Å². The van der Waals surface area contributed by atoms with Crippen LogP contribution in [0.2, 0.25) is 0 Å². The highest BCUT2D eigenvalue weighted by atomic mass is 15.3. The number of pyridine rings is 1. The maximum atomic E-state index is 4.57. The predicted octanol–water partition coefficient (Wildman–Crippen LogP) is 2.86. The molecule has 0 aromatic carbocycles. The van der Waals surface area contributed by atoms with E-state index < -0.39 is 0 Å². The minimum absolute atomic E-state index is 0.0600. The van der Waals surface area contributed by atoms with E-state index in [0.29, 0.717) is 12.1 Å². The van der Waals surface area contributed by atoms with Crippen LogP contribution < -0.4 is 5.32 Å². The second kappa shape index (κ2) is 5.60. The van der Waals surface area contributed by atoms with Gasteiger partial charge in [0.1, 0.15) is 0 Å². The quantitative estimate of drug-likeness (QED) is 0.918. The van der Waals surface area contributed by atoms with Gasteiger partial charge in [-0.2, -0.15) is 5.10 Å². The summed E-state index contributed by atoms with van der Waals surface area (Å²) < 4.78 is 2.07. The molecule has 0 amide bonds. The zero-order chi connectivity index (χ0) is 14.9. The zero-order valence-electron chi connectivity index (χ0n) is 13.1. The van der Waals surface area contributed by atoms with Gasteiger partial charge in [0.15, 0.2) is 0 Å². The average Bonchev–Trinajstić information content (AvgIpc) is 2.91. The molecule has 0 spiro atoms. The van der Waals surface area contributed by atoms with Crippen LogP contribution in [0.3, 0.4) is 0 Å². The predicted molar refractivity (Wildman–Crippen MR) is 84.3 cm³/mol. The molecular formula is C17H24N4. The SMILES string of the molecule is Cc1ccc(C(C)(C)CNC2CC(n3cccn3)C2)nc1. The van der Waals surface area contributed by atoms with Gasteiger partial charge in [-0.05, 0) is 37.5 Å². The Morgan fingerprint density at radius 3 is 2.76 bits per heavy atom. The molecule has 0 saturated heterocycles. The minimum Gasteiger partial charge on any atom is -0.313 e. The molecule has 0 aliphatic heterocycles. The molecule has 112 valence electrons. The molecule has 1 saturated carbocycles. The molecule has 0 unspecified atom stereocenters. The van der Waals surface area contributed by atoms with E-state index in [0.717, 1.165) is 12.2 Å². The number of aryl methyl sites for hydroxylation is 1. The van der Waals surface area contributed by atoms with Gasteiger partial charge in [0.25, 0.3) is 0 Å². The summed E-state index contributed by atoms with van der Waals surface area (Å²) in [5, 5.41) is 8.00. The Hall–Kier alpha value is -1.68. The van der Waals surface area contributed by atoms with Gasteiger partial charge in [-0.25, -0.2) is 0 Å². The first kappa shape index (κ1) is 14.3. The van der Waals surface area contributed by atoms with E-state index in [1.54, 1.807) is 0 Å². The molecule has 0 bridgehead atoms. The van der Waals surface area contributed by atoms with Gasteiger partial charge in [0.2, 0.25) is 0 Å².